The van der Waals surface area contributed by atoms with Crippen molar-refractivity contribution in [3.05, 3.63) is 63.1 Å². The van der Waals surface area contributed by atoms with Crippen LogP contribution in [0.5, 0.6) is 5.75 Å². The average Bonchev–Trinajstić information content (AvgIpc) is 3.04. The van der Waals surface area contributed by atoms with E-state index in [0.29, 0.717) is 36.3 Å². The summed E-state index contributed by atoms with van der Waals surface area (Å²) in [5.74, 6) is 2.50. The van der Waals surface area contributed by atoms with Crippen LogP contribution in [0.4, 0.5) is 0 Å². The van der Waals surface area contributed by atoms with Gasteiger partial charge in [-0.25, -0.2) is 4.99 Å². The van der Waals surface area contributed by atoms with E-state index >= 15 is 0 Å². The van der Waals surface area contributed by atoms with E-state index in [1.165, 1.54) is 17.5 Å². The second kappa shape index (κ2) is 7.58. The molecule has 4 atom stereocenters. The fraction of sp³-hybridized carbons (Fsp3) is 0.481. The smallest absolute Gasteiger partial charge is 0.194 e. The second-order valence-electron chi connectivity index (χ2n) is 10.2. The molecule has 2 aromatic rings. The van der Waals surface area contributed by atoms with E-state index in [1.807, 2.05) is 18.2 Å². The highest BCUT2D eigenvalue weighted by molar-refractivity contribution is 9.10. The summed E-state index contributed by atoms with van der Waals surface area (Å²) >= 11 is 3.78. The van der Waals surface area contributed by atoms with Crippen molar-refractivity contribution >= 4 is 27.4 Å². The summed E-state index contributed by atoms with van der Waals surface area (Å²) in [6, 6.07) is 12.5. The molecule has 0 radical (unpaired) electrons. The number of carbonyl (C=O) groups excluding carboxylic acids is 1. The Morgan fingerprint density at radius 2 is 2.00 bits per heavy atom. The second-order valence-corrected chi connectivity index (χ2v) is 11.0. The molecule has 3 nitrogen and oxygen atoms in total. The van der Waals surface area contributed by atoms with Gasteiger partial charge in [-0.2, -0.15) is 0 Å². The Bertz CT molecular complexity index is 1070. The van der Waals surface area contributed by atoms with Crippen LogP contribution in [0.15, 0.2) is 45.9 Å². The third kappa shape index (κ3) is 3.38. The Kier molecular flexibility index (Phi) is 5.12. The van der Waals surface area contributed by atoms with Crippen LogP contribution in [0.1, 0.15) is 68.2 Å². The molecule has 1 fully saturated rings. The molecule has 5 rings (SSSR count). The lowest BCUT2D eigenvalue weighted by Crippen LogP contribution is -2.30. The number of hydrogen-bond donors (Lipinski definition) is 0. The Morgan fingerprint density at radius 3 is 2.71 bits per heavy atom. The predicted octanol–water partition coefficient (Wildman–Crippen LogP) is 6.64. The highest BCUT2D eigenvalue weighted by Gasteiger charge is 2.52. The molecule has 162 valence electrons. The van der Waals surface area contributed by atoms with Crippen molar-refractivity contribution in [1.29, 1.82) is 0 Å². The molecule has 4 unspecified atom stereocenters. The molecule has 0 spiro atoms. The first-order chi connectivity index (χ1) is 14.8. The van der Waals surface area contributed by atoms with E-state index in [2.05, 4.69) is 61.8 Å². The van der Waals surface area contributed by atoms with E-state index in [9.17, 15) is 4.79 Å². The lowest BCUT2D eigenvalue weighted by Gasteiger charge is -2.35. The Morgan fingerprint density at radius 1 is 1.26 bits per heavy atom. The zero-order valence-electron chi connectivity index (χ0n) is 18.7. The molecule has 0 saturated heterocycles. The van der Waals surface area contributed by atoms with Gasteiger partial charge in [0.25, 0.3) is 0 Å². The SMILES string of the molecule is Cc1cc2c3c(c1Br)OC(Cc1ccccc1)N=C3C(=O)CC1(C)CCC(C(C)C)C21. The van der Waals surface area contributed by atoms with Gasteiger partial charge >= 0.3 is 0 Å². The van der Waals surface area contributed by atoms with Gasteiger partial charge in [0.05, 0.1) is 10.0 Å². The molecular formula is C27H30BrNO2. The minimum Gasteiger partial charge on any atom is -0.466 e. The summed E-state index contributed by atoms with van der Waals surface area (Å²) in [5.41, 5.74) is 5.17. The summed E-state index contributed by atoms with van der Waals surface area (Å²) in [4.78, 5) is 18.5. The van der Waals surface area contributed by atoms with Crippen LogP contribution in [-0.4, -0.2) is 17.7 Å². The van der Waals surface area contributed by atoms with Gasteiger partial charge in [-0.15, -0.1) is 0 Å². The van der Waals surface area contributed by atoms with Crippen LogP contribution in [0.2, 0.25) is 0 Å². The lowest BCUT2D eigenvalue weighted by molar-refractivity contribution is -0.115. The van der Waals surface area contributed by atoms with Gasteiger partial charge in [0.1, 0.15) is 11.5 Å². The third-order valence-electron chi connectivity index (χ3n) is 7.70. The van der Waals surface area contributed by atoms with Crippen LogP contribution in [0, 0.1) is 24.2 Å². The van der Waals surface area contributed by atoms with Gasteiger partial charge in [-0.05, 0) is 75.6 Å². The minimum absolute atomic E-state index is 0.0190. The van der Waals surface area contributed by atoms with Crippen molar-refractivity contribution in [3.63, 3.8) is 0 Å². The molecule has 0 bridgehead atoms. The number of ether oxygens (including phenoxy) is 1. The summed E-state index contributed by atoms with van der Waals surface area (Å²) < 4.78 is 7.44. The van der Waals surface area contributed by atoms with Crippen molar-refractivity contribution in [2.24, 2.45) is 22.2 Å². The van der Waals surface area contributed by atoms with Gasteiger partial charge in [0.2, 0.25) is 0 Å². The number of rotatable bonds is 3. The molecule has 31 heavy (non-hydrogen) atoms. The van der Waals surface area contributed by atoms with Gasteiger partial charge < -0.3 is 4.74 Å². The maximum atomic E-state index is 13.6. The van der Waals surface area contributed by atoms with Crippen LogP contribution < -0.4 is 4.74 Å². The van der Waals surface area contributed by atoms with Gasteiger partial charge in [-0.1, -0.05) is 57.2 Å². The fourth-order valence-corrected chi connectivity index (χ4v) is 6.59. The quantitative estimate of drug-likeness (QED) is 0.494. The number of hydrogen-bond acceptors (Lipinski definition) is 3. The number of benzene rings is 2. The standard InChI is InChI=1S/C27H30BrNO2/c1-15(2)18-10-11-27(4)14-20(30)25-22-19(23(18)27)12-16(3)24(28)26(22)31-21(29-25)13-17-8-6-5-7-9-17/h5-9,12,15,18,21,23H,10-11,13-14H2,1-4H3. The van der Waals surface area contributed by atoms with Crippen LogP contribution in [-0.2, 0) is 11.2 Å². The number of ketones is 1. The Hall–Kier alpha value is -1.94. The number of aliphatic imine (C=N–C) groups is 1. The molecule has 0 amide bonds. The lowest BCUT2D eigenvalue weighted by atomic mass is 9.69. The van der Waals surface area contributed by atoms with E-state index in [1.54, 1.807) is 0 Å². The molecule has 1 heterocycles. The highest BCUT2D eigenvalue weighted by Crippen LogP contribution is 2.60. The number of aryl methyl sites for hydroxylation is 1. The van der Waals surface area contributed by atoms with E-state index < -0.39 is 0 Å². The Balaban J connectivity index is 1.68. The van der Waals surface area contributed by atoms with Crippen molar-refractivity contribution in [2.75, 3.05) is 0 Å². The zero-order valence-corrected chi connectivity index (χ0v) is 20.3. The molecule has 0 N–H and O–H groups in total. The Labute approximate surface area is 193 Å². The minimum atomic E-state index is -0.383. The van der Waals surface area contributed by atoms with Crippen molar-refractivity contribution < 1.29 is 9.53 Å². The topological polar surface area (TPSA) is 38.7 Å². The number of fused-ring (bicyclic) bond motifs is 2. The molecule has 4 heteroatoms. The number of nitrogens with zero attached hydrogens (tertiary/aromatic N) is 1. The number of carbonyl (C=O) groups is 1. The van der Waals surface area contributed by atoms with Crippen molar-refractivity contribution in [3.8, 4) is 5.75 Å². The number of Topliss-reactive ketones (excluding diaryl/α,β-unsaturated/α-hetero) is 1. The fourth-order valence-electron chi connectivity index (χ4n) is 6.18. The molecule has 1 saturated carbocycles. The zero-order chi connectivity index (χ0) is 21.9. The number of halogens is 1. The van der Waals surface area contributed by atoms with Crippen molar-refractivity contribution in [2.45, 2.75) is 65.5 Å². The molecule has 1 aliphatic heterocycles. The monoisotopic (exact) mass is 479 g/mol. The average molecular weight is 480 g/mol. The molecule has 3 aliphatic rings. The van der Waals surface area contributed by atoms with E-state index in [4.69, 9.17) is 9.73 Å². The van der Waals surface area contributed by atoms with Crippen LogP contribution >= 0.6 is 15.9 Å². The maximum absolute atomic E-state index is 13.6. The largest absolute Gasteiger partial charge is 0.466 e. The molecule has 0 aromatic heterocycles. The van der Waals surface area contributed by atoms with Crippen LogP contribution in [0.3, 0.4) is 0 Å². The van der Waals surface area contributed by atoms with Crippen molar-refractivity contribution in [1.82, 2.24) is 0 Å². The molecular weight excluding hydrogens is 450 g/mol. The van der Waals surface area contributed by atoms with E-state index in [-0.39, 0.29) is 17.4 Å². The molecule has 2 aliphatic carbocycles. The first-order valence-corrected chi connectivity index (χ1v) is 12.2. The highest BCUT2D eigenvalue weighted by atomic mass is 79.9. The van der Waals surface area contributed by atoms with Gasteiger partial charge in [0, 0.05) is 12.8 Å². The van der Waals surface area contributed by atoms with E-state index in [0.717, 1.165) is 27.8 Å². The normalized spacial score (nSPS) is 29.2. The summed E-state index contributed by atoms with van der Waals surface area (Å²) in [5, 5.41) is 0. The molecule has 2 aromatic carbocycles. The van der Waals surface area contributed by atoms with Crippen LogP contribution in [0.25, 0.3) is 0 Å². The summed E-state index contributed by atoms with van der Waals surface area (Å²) in [7, 11) is 0. The maximum Gasteiger partial charge on any atom is 0.194 e. The summed E-state index contributed by atoms with van der Waals surface area (Å²) in [6.07, 6.45) is 3.12. The first-order valence-electron chi connectivity index (χ1n) is 11.4. The predicted molar refractivity (Wildman–Crippen MR) is 128 cm³/mol. The van der Waals surface area contributed by atoms with Gasteiger partial charge in [-0.3, -0.25) is 4.79 Å². The summed E-state index contributed by atoms with van der Waals surface area (Å²) in [6.45, 7) is 9.10. The first kappa shape index (κ1) is 20.9. The van der Waals surface area contributed by atoms with Gasteiger partial charge in [0.15, 0.2) is 12.0 Å². The third-order valence-corrected chi connectivity index (χ3v) is 8.68.